The van der Waals surface area contributed by atoms with Crippen molar-refractivity contribution in [2.45, 2.75) is 134 Å². The summed E-state index contributed by atoms with van der Waals surface area (Å²) in [5, 5.41) is 9.37. The van der Waals surface area contributed by atoms with Crippen molar-refractivity contribution in [3.05, 3.63) is 0 Å². The average molecular weight is 393 g/mol. The second kappa shape index (κ2) is 17.0. The number of hydrogen-bond donors (Lipinski definition) is 2. The Balaban J connectivity index is 3.31. The Labute approximate surface area is 162 Å². The zero-order valence-corrected chi connectivity index (χ0v) is 18.1. The highest BCUT2D eigenvalue weighted by Gasteiger charge is 2.15. The molecule has 2 unspecified atom stereocenters. The van der Waals surface area contributed by atoms with E-state index in [1.165, 1.54) is 51.4 Å². The van der Waals surface area contributed by atoms with E-state index in [0.717, 1.165) is 51.4 Å². The molecule has 0 radical (unpaired) electrons. The minimum absolute atomic E-state index is 0.154. The van der Waals surface area contributed by atoms with Crippen LogP contribution in [0.1, 0.15) is 123 Å². The highest BCUT2D eigenvalue weighted by atomic mass is 32.2. The van der Waals surface area contributed by atoms with E-state index in [2.05, 4.69) is 6.92 Å². The molecule has 0 aliphatic carbocycles. The third kappa shape index (κ3) is 17.3. The molecule has 0 aliphatic heterocycles. The van der Waals surface area contributed by atoms with E-state index in [-0.39, 0.29) is 6.10 Å². The molecule has 0 bridgehead atoms. The zero-order chi connectivity index (χ0) is 19.7. The SMILES string of the molecule is CCCCCCCCCCCC(O)CCCCCCCC(C)S(=O)(=O)O. The van der Waals surface area contributed by atoms with Crippen molar-refractivity contribution in [1.29, 1.82) is 0 Å². The summed E-state index contributed by atoms with van der Waals surface area (Å²) < 4.78 is 30.7. The molecule has 158 valence electrons. The van der Waals surface area contributed by atoms with E-state index in [4.69, 9.17) is 4.55 Å². The first-order valence-corrected chi connectivity index (χ1v) is 12.5. The van der Waals surface area contributed by atoms with Crippen LogP contribution in [0.2, 0.25) is 0 Å². The summed E-state index contributed by atoms with van der Waals surface area (Å²) in [4.78, 5) is 0. The molecule has 2 N–H and O–H groups in total. The molecule has 0 aromatic rings. The molecule has 4 nitrogen and oxygen atoms in total. The Morgan fingerprint density at radius 1 is 0.654 bits per heavy atom. The first kappa shape index (κ1) is 25.9. The van der Waals surface area contributed by atoms with E-state index in [1.54, 1.807) is 6.92 Å². The Morgan fingerprint density at radius 3 is 1.38 bits per heavy atom. The average Bonchev–Trinajstić information content (AvgIpc) is 2.58. The predicted molar refractivity (Wildman–Crippen MR) is 111 cm³/mol. The highest BCUT2D eigenvalue weighted by molar-refractivity contribution is 7.86. The summed E-state index contributed by atoms with van der Waals surface area (Å²) >= 11 is 0. The Morgan fingerprint density at radius 2 is 1.00 bits per heavy atom. The van der Waals surface area contributed by atoms with Gasteiger partial charge in [0.25, 0.3) is 10.1 Å². The summed E-state index contributed by atoms with van der Waals surface area (Å²) in [7, 11) is -3.87. The van der Waals surface area contributed by atoms with Crippen LogP contribution in [0.5, 0.6) is 0 Å². The summed E-state index contributed by atoms with van der Waals surface area (Å²) in [5.41, 5.74) is 0. The van der Waals surface area contributed by atoms with Crippen LogP contribution in [0, 0.1) is 0 Å². The molecule has 26 heavy (non-hydrogen) atoms. The lowest BCUT2D eigenvalue weighted by Gasteiger charge is -2.10. The van der Waals surface area contributed by atoms with Crippen molar-refractivity contribution in [2.24, 2.45) is 0 Å². The Bertz CT molecular complexity index is 395. The molecular formula is C21H44O4S. The molecule has 0 amide bonds. The van der Waals surface area contributed by atoms with Gasteiger partial charge in [0.15, 0.2) is 0 Å². The van der Waals surface area contributed by atoms with E-state index in [9.17, 15) is 13.5 Å². The highest BCUT2D eigenvalue weighted by Crippen LogP contribution is 2.16. The molecule has 0 aromatic carbocycles. The molecule has 0 spiro atoms. The lowest BCUT2D eigenvalue weighted by Crippen LogP contribution is -2.16. The van der Waals surface area contributed by atoms with Gasteiger partial charge >= 0.3 is 0 Å². The molecule has 0 saturated carbocycles. The fourth-order valence-electron chi connectivity index (χ4n) is 3.33. The number of hydrogen-bond acceptors (Lipinski definition) is 3. The van der Waals surface area contributed by atoms with Crippen molar-refractivity contribution < 1.29 is 18.1 Å². The van der Waals surface area contributed by atoms with Crippen LogP contribution in [0.15, 0.2) is 0 Å². The van der Waals surface area contributed by atoms with Crippen molar-refractivity contribution in [2.75, 3.05) is 0 Å². The summed E-state index contributed by atoms with van der Waals surface area (Å²) in [6.07, 6.45) is 19.1. The lowest BCUT2D eigenvalue weighted by atomic mass is 10.0. The van der Waals surface area contributed by atoms with Crippen LogP contribution >= 0.6 is 0 Å². The van der Waals surface area contributed by atoms with E-state index in [1.807, 2.05) is 0 Å². The number of rotatable bonds is 19. The van der Waals surface area contributed by atoms with Crippen molar-refractivity contribution in [3.63, 3.8) is 0 Å². The standard InChI is InChI=1S/C21H44O4S/c1-3-4-5-6-7-8-9-12-15-18-21(22)19-16-13-10-11-14-17-20(2)26(23,24)25/h20-22H,3-19H2,1-2H3,(H,23,24,25). The molecule has 0 aromatic heterocycles. The Kier molecular flexibility index (Phi) is 16.9. The van der Waals surface area contributed by atoms with Gasteiger partial charge in [0.1, 0.15) is 0 Å². The lowest BCUT2D eigenvalue weighted by molar-refractivity contribution is 0.147. The number of aliphatic hydroxyl groups excluding tert-OH is 1. The maximum Gasteiger partial charge on any atom is 0.267 e. The van der Waals surface area contributed by atoms with Crippen molar-refractivity contribution >= 4 is 10.1 Å². The predicted octanol–water partition coefficient (Wildman–Crippen LogP) is 6.28. The number of aliphatic hydroxyl groups is 1. The summed E-state index contributed by atoms with van der Waals surface area (Å²) in [6.45, 7) is 3.80. The molecule has 0 fully saturated rings. The molecular weight excluding hydrogens is 348 g/mol. The van der Waals surface area contributed by atoms with Crippen LogP contribution < -0.4 is 0 Å². The fourth-order valence-corrected chi connectivity index (χ4v) is 3.79. The van der Waals surface area contributed by atoms with Gasteiger partial charge in [0.05, 0.1) is 11.4 Å². The van der Waals surface area contributed by atoms with Gasteiger partial charge in [-0.3, -0.25) is 4.55 Å². The quantitative estimate of drug-likeness (QED) is 0.200. The van der Waals surface area contributed by atoms with Crippen LogP contribution in [0.4, 0.5) is 0 Å². The van der Waals surface area contributed by atoms with Gasteiger partial charge < -0.3 is 5.11 Å². The van der Waals surface area contributed by atoms with Crippen LogP contribution in [0.3, 0.4) is 0 Å². The van der Waals surface area contributed by atoms with Gasteiger partial charge in [0, 0.05) is 0 Å². The normalized spacial score (nSPS) is 14.5. The van der Waals surface area contributed by atoms with E-state index in [0.29, 0.717) is 6.42 Å². The molecule has 0 heterocycles. The van der Waals surface area contributed by atoms with Gasteiger partial charge in [-0.1, -0.05) is 96.8 Å². The largest absolute Gasteiger partial charge is 0.393 e. The first-order chi connectivity index (χ1) is 12.4. The minimum Gasteiger partial charge on any atom is -0.393 e. The summed E-state index contributed by atoms with van der Waals surface area (Å²) in [5.74, 6) is 0. The third-order valence-corrected chi connectivity index (χ3v) is 6.55. The summed E-state index contributed by atoms with van der Waals surface area (Å²) in [6, 6.07) is 0. The van der Waals surface area contributed by atoms with E-state index < -0.39 is 15.4 Å². The zero-order valence-electron chi connectivity index (χ0n) is 17.3. The van der Waals surface area contributed by atoms with Gasteiger partial charge in [-0.2, -0.15) is 8.42 Å². The van der Waals surface area contributed by atoms with Crippen molar-refractivity contribution in [1.82, 2.24) is 0 Å². The van der Waals surface area contributed by atoms with Crippen LogP contribution in [-0.2, 0) is 10.1 Å². The second-order valence-electron chi connectivity index (χ2n) is 7.94. The minimum atomic E-state index is -3.87. The monoisotopic (exact) mass is 392 g/mol. The maximum atomic E-state index is 10.9. The fraction of sp³-hybridized carbons (Fsp3) is 1.00. The molecule has 0 saturated heterocycles. The van der Waals surface area contributed by atoms with Crippen LogP contribution in [0.25, 0.3) is 0 Å². The maximum absolute atomic E-state index is 10.9. The van der Waals surface area contributed by atoms with Crippen LogP contribution in [-0.4, -0.2) is 29.4 Å². The van der Waals surface area contributed by atoms with Gasteiger partial charge in [0.2, 0.25) is 0 Å². The van der Waals surface area contributed by atoms with E-state index >= 15 is 0 Å². The first-order valence-electron chi connectivity index (χ1n) is 11.0. The topological polar surface area (TPSA) is 74.6 Å². The number of unbranched alkanes of at least 4 members (excludes halogenated alkanes) is 12. The van der Waals surface area contributed by atoms with Crippen molar-refractivity contribution in [3.8, 4) is 0 Å². The smallest absolute Gasteiger partial charge is 0.267 e. The van der Waals surface area contributed by atoms with Gasteiger partial charge in [-0.05, 0) is 26.2 Å². The molecule has 0 aliphatic rings. The van der Waals surface area contributed by atoms with Gasteiger partial charge in [-0.25, -0.2) is 0 Å². The third-order valence-electron chi connectivity index (χ3n) is 5.30. The molecule has 2 atom stereocenters. The van der Waals surface area contributed by atoms with Gasteiger partial charge in [-0.15, -0.1) is 0 Å². The second-order valence-corrected chi connectivity index (χ2v) is 9.78. The molecule has 5 heteroatoms. The Hall–Kier alpha value is -0.130. The molecule has 0 rings (SSSR count).